The molecule has 3 nitrogen and oxygen atoms in total. The van der Waals surface area contributed by atoms with Gasteiger partial charge in [0.15, 0.2) is 0 Å². The van der Waals surface area contributed by atoms with E-state index in [0.717, 1.165) is 43.8 Å². The van der Waals surface area contributed by atoms with Crippen LogP contribution in [0, 0.1) is 5.41 Å². The van der Waals surface area contributed by atoms with Crippen molar-refractivity contribution in [3.63, 3.8) is 0 Å². The summed E-state index contributed by atoms with van der Waals surface area (Å²) in [5.41, 5.74) is 0.901. The Morgan fingerprint density at radius 1 is 1.30 bits per heavy atom. The van der Waals surface area contributed by atoms with Gasteiger partial charge in [0.25, 0.3) is 0 Å². The number of rotatable bonds is 5. The second-order valence-corrected chi connectivity index (χ2v) is 5.81. The second-order valence-electron chi connectivity index (χ2n) is 5.38. The molecule has 0 aromatic heterocycles. The van der Waals surface area contributed by atoms with Crippen LogP contribution >= 0.6 is 11.6 Å². The highest BCUT2D eigenvalue weighted by molar-refractivity contribution is 6.30. The minimum atomic E-state index is -0.319. The van der Waals surface area contributed by atoms with Crippen molar-refractivity contribution in [3.05, 3.63) is 34.9 Å². The molecule has 1 aromatic carbocycles. The van der Waals surface area contributed by atoms with Gasteiger partial charge in [-0.1, -0.05) is 23.7 Å². The number of carbonyl (C=O) groups excluding carboxylic acids is 1. The maximum Gasteiger partial charge on any atom is 0.312 e. The summed E-state index contributed by atoms with van der Waals surface area (Å²) in [7, 11) is 0. The van der Waals surface area contributed by atoms with Gasteiger partial charge in [-0.15, -0.1) is 0 Å². The van der Waals surface area contributed by atoms with E-state index in [-0.39, 0.29) is 11.4 Å². The molecule has 2 rings (SSSR count). The van der Waals surface area contributed by atoms with E-state index in [9.17, 15) is 4.79 Å². The summed E-state index contributed by atoms with van der Waals surface area (Å²) in [6.07, 6.45) is 3.45. The molecule has 0 amide bonds. The fourth-order valence-corrected chi connectivity index (χ4v) is 2.91. The molecule has 0 saturated carbocycles. The lowest BCUT2D eigenvalue weighted by Crippen LogP contribution is -2.43. The lowest BCUT2D eigenvalue weighted by Gasteiger charge is -2.35. The molecule has 1 aliphatic rings. The van der Waals surface area contributed by atoms with Gasteiger partial charge in [0.1, 0.15) is 0 Å². The molecule has 1 aromatic rings. The highest BCUT2D eigenvalue weighted by Gasteiger charge is 2.40. The summed E-state index contributed by atoms with van der Waals surface area (Å²) in [4.78, 5) is 12.3. The number of halogens is 1. The Hall–Kier alpha value is -1.06. The summed E-state index contributed by atoms with van der Waals surface area (Å²) < 4.78 is 5.30. The van der Waals surface area contributed by atoms with Crippen molar-refractivity contribution in [2.75, 3.05) is 19.7 Å². The van der Waals surface area contributed by atoms with Crippen LogP contribution in [0.3, 0.4) is 0 Å². The number of carbonyl (C=O) groups is 1. The van der Waals surface area contributed by atoms with Crippen LogP contribution in [-0.2, 0) is 16.0 Å². The van der Waals surface area contributed by atoms with Crippen molar-refractivity contribution in [2.45, 2.75) is 32.6 Å². The van der Waals surface area contributed by atoms with E-state index in [1.165, 1.54) is 5.56 Å². The quantitative estimate of drug-likeness (QED) is 0.848. The van der Waals surface area contributed by atoms with Crippen molar-refractivity contribution in [2.24, 2.45) is 5.41 Å². The molecule has 0 radical (unpaired) electrons. The minimum absolute atomic E-state index is 0.0320. The van der Waals surface area contributed by atoms with Gasteiger partial charge in [0.2, 0.25) is 0 Å². The first-order valence-corrected chi connectivity index (χ1v) is 7.66. The maximum atomic E-state index is 12.3. The monoisotopic (exact) mass is 295 g/mol. The Labute approximate surface area is 125 Å². The lowest BCUT2D eigenvalue weighted by molar-refractivity contribution is -0.157. The Kier molecular flexibility index (Phi) is 5.44. The van der Waals surface area contributed by atoms with Crippen LogP contribution in [0.15, 0.2) is 24.3 Å². The molecular formula is C16H22ClNO2. The van der Waals surface area contributed by atoms with Gasteiger partial charge in [0.05, 0.1) is 12.0 Å². The first-order valence-electron chi connectivity index (χ1n) is 7.29. The number of nitrogens with one attached hydrogen (secondary N) is 1. The van der Waals surface area contributed by atoms with Crippen LogP contribution in [0.1, 0.15) is 31.7 Å². The predicted molar refractivity (Wildman–Crippen MR) is 80.9 cm³/mol. The molecule has 1 heterocycles. The van der Waals surface area contributed by atoms with Crippen LogP contribution in [0.4, 0.5) is 0 Å². The van der Waals surface area contributed by atoms with Crippen LogP contribution in [0.2, 0.25) is 5.02 Å². The first-order chi connectivity index (χ1) is 9.66. The van der Waals surface area contributed by atoms with Crippen molar-refractivity contribution in [1.29, 1.82) is 0 Å². The summed E-state index contributed by atoms with van der Waals surface area (Å²) in [6.45, 7) is 4.10. The third-order valence-corrected chi connectivity index (χ3v) is 4.33. The SMILES string of the molecule is CCOC(=O)C1(CCc2ccc(Cl)cc2)CCNCC1. The van der Waals surface area contributed by atoms with Gasteiger partial charge in [-0.25, -0.2) is 0 Å². The third kappa shape index (κ3) is 3.74. The summed E-state index contributed by atoms with van der Waals surface area (Å²) in [5.74, 6) is -0.0320. The van der Waals surface area contributed by atoms with Gasteiger partial charge in [-0.05, 0) is 63.4 Å². The third-order valence-electron chi connectivity index (χ3n) is 4.07. The van der Waals surface area contributed by atoms with Crippen molar-refractivity contribution in [1.82, 2.24) is 5.32 Å². The van der Waals surface area contributed by atoms with Gasteiger partial charge in [-0.3, -0.25) is 4.79 Å². The Morgan fingerprint density at radius 2 is 1.95 bits per heavy atom. The Bertz CT molecular complexity index is 438. The average Bonchev–Trinajstić information content (AvgIpc) is 2.48. The van der Waals surface area contributed by atoms with Crippen LogP contribution in [-0.4, -0.2) is 25.7 Å². The average molecular weight is 296 g/mol. The van der Waals surface area contributed by atoms with Crippen LogP contribution in [0.5, 0.6) is 0 Å². The fourth-order valence-electron chi connectivity index (χ4n) is 2.78. The second kappa shape index (κ2) is 7.09. The van der Waals surface area contributed by atoms with Gasteiger partial charge in [-0.2, -0.15) is 0 Å². The molecule has 110 valence electrons. The number of benzene rings is 1. The number of esters is 1. The van der Waals surface area contributed by atoms with Gasteiger partial charge < -0.3 is 10.1 Å². The molecule has 20 heavy (non-hydrogen) atoms. The first kappa shape index (κ1) is 15.3. The molecule has 0 atom stereocenters. The van der Waals surface area contributed by atoms with E-state index in [2.05, 4.69) is 5.32 Å². The highest BCUT2D eigenvalue weighted by atomic mass is 35.5. The number of hydrogen-bond acceptors (Lipinski definition) is 3. The molecule has 0 spiro atoms. The zero-order valence-corrected chi connectivity index (χ0v) is 12.7. The van der Waals surface area contributed by atoms with E-state index < -0.39 is 0 Å². The molecule has 1 aliphatic heterocycles. The molecule has 1 fully saturated rings. The maximum absolute atomic E-state index is 12.3. The normalized spacial score (nSPS) is 17.7. The number of aryl methyl sites for hydroxylation is 1. The zero-order valence-electron chi connectivity index (χ0n) is 12.0. The van der Waals surface area contributed by atoms with Crippen LogP contribution in [0.25, 0.3) is 0 Å². The lowest BCUT2D eigenvalue weighted by atomic mass is 9.74. The Morgan fingerprint density at radius 3 is 2.55 bits per heavy atom. The molecule has 0 bridgehead atoms. The number of hydrogen-bond donors (Lipinski definition) is 1. The summed E-state index contributed by atoms with van der Waals surface area (Å²) in [5, 5.41) is 4.06. The standard InChI is InChI=1S/C16H22ClNO2/c1-2-20-15(19)16(9-11-18-12-10-16)8-7-13-3-5-14(17)6-4-13/h3-6,18H,2,7-12H2,1H3. The summed E-state index contributed by atoms with van der Waals surface area (Å²) >= 11 is 5.90. The number of ether oxygens (including phenoxy) is 1. The fraction of sp³-hybridized carbons (Fsp3) is 0.562. The van der Waals surface area contributed by atoms with Crippen LogP contribution < -0.4 is 5.32 Å². The minimum Gasteiger partial charge on any atom is -0.466 e. The smallest absolute Gasteiger partial charge is 0.312 e. The largest absolute Gasteiger partial charge is 0.466 e. The van der Waals surface area contributed by atoms with Gasteiger partial charge in [0, 0.05) is 5.02 Å². The van der Waals surface area contributed by atoms with E-state index in [1.807, 2.05) is 31.2 Å². The van der Waals surface area contributed by atoms with E-state index in [1.54, 1.807) is 0 Å². The molecule has 1 N–H and O–H groups in total. The van der Waals surface area contributed by atoms with E-state index in [4.69, 9.17) is 16.3 Å². The topological polar surface area (TPSA) is 38.3 Å². The zero-order chi connectivity index (χ0) is 14.4. The van der Waals surface area contributed by atoms with E-state index in [0.29, 0.717) is 6.61 Å². The van der Waals surface area contributed by atoms with Crippen molar-refractivity contribution in [3.8, 4) is 0 Å². The molecular weight excluding hydrogens is 274 g/mol. The highest BCUT2D eigenvalue weighted by Crippen LogP contribution is 2.35. The van der Waals surface area contributed by atoms with E-state index >= 15 is 0 Å². The molecule has 0 aliphatic carbocycles. The molecule has 4 heteroatoms. The van der Waals surface area contributed by atoms with Crippen molar-refractivity contribution >= 4 is 17.6 Å². The molecule has 0 unspecified atom stereocenters. The molecule has 1 saturated heterocycles. The van der Waals surface area contributed by atoms with Crippen molar-refractivity contribution < 1.29 is 9.53 Å². The summed E-state index contributed by atoms with van der Waals surface area (Å²) in [6, 6.07) is 7.86. The Balaban J connectivity index is 2.03. The van der Waals surface area contributed by atoms with Gasteiger partial charge >= 0.3 is 5.97 Å². The predicted octanol–water partition coefficient (Wildman–Crippen LogP) is 3.21. The number of piperidine rings is 1.